The molecule has 0 saturated heterocycles. The number of rotatable bonds is 4. The molecular formula is C16H22N4O2. The summed E-state index contributed by atoms with van der Waals surface area (Å²) in [5.74, 6) is 0.313. The van der Waals surface area contributed by atoms with Crippen molar-refractivity contribution in [2.24, 2.45) is 11.7 Å². The number of amides is 2. The van der Waals surface area contributed by atoms with Gasteiger partial charge in [-0.15, -0.1) is 0 Å². The van der Waals surface area contributed by atoms with E-state index in [1.807, 2.05) is 4.90 Å². The minimum atomic E-state index is -0.632. The third-order valence-corrected chi connectivity index (χ3v) is 4.76. The zero-order valence-electron chi connectivity index (χ0n) is 12.8. The van der Waals surface area contributed by atoms with E-state index in [1.54, 1.807) is 6.20 Å². The molecule has 3 rings (SSSR count). The highest BCUT2D eigenvalue weighted by atomic mass is 16.2. The van der Waals surface area contributed by atoms with Crippen molar-refractivity contribution < 1.29 is 9.59 Å². The molecule has 6 heteroatoms. The average Bonchev–Trinajstić information content (AvgIpc) is 3.04. The molecule has 6 nitrogen and oxygen atoms in total. The second kappa shape index (κ2) is 6.42. The molecule has 1 aliphatic carbocycles. The summed E-state index contributed by atoms with van der Waals surface area (Å²) in [4.78, 5) is 33.5. The molecule has 2 heterocycles. The average molecular weight is 302 g/mol. The van der Waals surface area contributed by atoms with Gasteiger partial charge in [-0.2, -0.15) is 0 Å². The molecule has 2 N–H and O–H groups in total. The zero-order chi connectivity index (χ0) is 15.5. The normalized spacial score (nSPS) is 18.3. The van der Waals surface area contributed by atoms with E-state index in [9.17, 15) is 9.59 Å². The van der Waals surface area contributed by atoms with Gasteiger partial charge in [0, 0.05) is 19.2 Å². The Kier molecular flexibility index (Phi) is 4.36. The molecule has 1 saturated carbocycles. The highest BCUT2D eigenvalue weighted by molar-refractivity contribution is 5.88. The third-order valence-electron chi connectivity index (χ3n) is 4.76. The van der Waals surface area contributed by atoms with Crippen LogP contribution in [-0.4, -0.2) is 33.2 Å². The van der Waals surface area contributed by atoms with Crippen LogP contribution in [-0.2, 0) is 17.8 Å². The summed E-state index contributed by atoms with van der Waals surface area (Å²) in [5.41, 5.74) is 6.97. The van der Waals surface area contributed by atoms with Crippen molar-refractivity contribution in [1.82, 2.24) is 14.9 Å². The predicted molar refractivity (Wildman–Crippen MR) is 80.9 cm³/mol. The molecule has 1 aliphatic heterocycles. The lowest BCUT2D eigenvalue weighted by Gasteiger charge is -2.28. The van der Waals surface area contributed by atoms with Gasteiger partial charge in [0.05, 0.1) is 12.2 Å². The maximum absolute atomic E-state index is 12.4. The van der Waals surface area contributed by atoms with Gasteiger partial charge in [0.15, 0.2) is 0 Å². The third kappa shape index (κ3) is 3.26. The fourth-order valence-corrected chi connectivity index (χ4v) is 3.42. The van der Waals surface area contributed by atoms with Crippen molar-refractivity contribution in [3.63, 3.8) is 0 Å². The summed E-state index contributed by atoms with van der Waals surface area (Å²) in [6, 6.07) is 0. The van der Waals surface area contributed by atoms with Crippen LogP contribution in [0.4, 0.5) is 0 Å². The standard InChI is InChI=1S/C16H22N4O2/c17-15(22)16-18-9-12-7-8-20(10-13(12)19-16)14(21)6-5-11-3-1-2-4-11/h9,11H,1-8,10H2,(H2,17,22). The summed E-state index contributed by atoms with van der Waals surface area (Å²) >= 11 is 0. The minimum absolute atomic E-state index is 0.0269. The van der Waals surface area contributed by atoms with Gasteiger partial charge in [0.2, 0.25) is 11.7 Å². The Bertz CT molecular complexity index is 582. The van der Waals surface area contributed by atoms with Crippen LogP contribution in [0.5, 0.6) is 0 Å². The van der Waals surface area contributed by atoms with Gasteiger partial charge in [0.25, 0.3) is 5.91 Å². The van der Waals surface area contributed by atoms with E-state index in [1.165, 1.54) is 25.7 Å². The maximum atomic E-state index is 12.4. The van der Waals surface area contributed by atoms with Crippen LogP contribution in [0.2, 0.25) is 0 Å². The van der Waals surface area contributed by atoms with Crippen molar-refractivity contribution in [3.05, 3.63) is 23.3 Å². The molecule has 2 aliphatic rings. The summed E-state index contributed by atoms with van der Waals surface area (Å²) in [7, 11) is 0. The van der Waals surface area contributed by atoms with Gasteiger partial charge in [0.1, 0.15) is 0 Å². The van der Waals surface area contributed by atoms with Gasteiger partial charge < -0.3 is 10.6 Å². The van der Waals surface area contributed by atoms with E-state index in [0.29, 0.717) is 19.5 Å². The number of nitrogens with zero attached hydrogens (tertiary/aromatic N) is 3. The highest BCUT2D eigenvalue weighted by Gasteiger charge is 2.24. The largest absolute Gasteiger partial charge is 0.363 e. The Labute approximate surface area is 130 Å². The van der Waals surface area contributed by atoms with E-state index in [2.05, 4.69) is 9.97 Å². The predicted octanol–water partition coefficient (Wildman–Crippen LogP) is 1.43. The lowest BCUT2D eigenvalue weighted by Crippen LogP contribution is -2.37. The number of carbonyl (C=O) groups excluding carboxylic acids is 2. The Hall–Kier alpha value is -1.98. The van der Waals surface area contributed by atoms with Crippen molar-refractivity contribution >= 4 is 11.8 Å². The van der Waals surface area contributed by atoms with Crippen molar-refractivity contribution in [1.29, 1.82) is 0 Å². The van der Waals surface area contributed by atoms with Crippen molar-refractivity contribution in [2.45, 2.75) is 51.5 Å². The topological polar surface area (TPSA) is 89.2 Å². The van der Waals surface area contributed by atoms with Crippen molar-refractivity contribution in [3.8, 4) is 0 Å². The molecule has 0 unspecified atom stereocenters. The monoisotopic (exact) mass is 302 g/mol. The maximum Gasteiger partial charge on any atom is 0.286 e. The molecule has 1 fully saturated rings. The molecule has 0 atom stereocenters. The second-order valence-electron chi connectivity index (χ2n) is 6.28. The van der Waals surface area contributed by atoms with Crippen LogP contribution in [0.25, 0.3) is 0 Å². The highest BCUT2D eigenvalue weighted by Crippen LogP contribution is 2.29. The minimum Gasteiger partial charge on any atom is -0.363 e. The fourth-order valence-electron chi connectivity index (χ4n) is 3.42. The molecule has 118 valence electrons. The molecule has 2 amide bonds. The van der Waals surface area contributed by atoms with Gasteiger partial charge in [-0.25, -0.2) is 9.97 Å². The lowest BCUT2D eigenvalue weighted by atomic mass is 10.0. The van der Waals surface area contributed by atoms with Crippen molar-refractivity contribution in [2.75, 3.05) is 6.54 Å². The number of aromatic nitrogens is 2. The number of hydrogen-bond acceptors (Lipinski definition) is 4. The van der Waals surface area contributed by atoms with Crippen LogP contribution >= 0.6 is 0 Å². The quantitative estimate of drug-likeness (QED) is 0.911. The first-order valence-corrected chi connectivity index (χ1v) is 8.06. The summed E-state index contributed by atoms with van der Waals surface area (Å²) in [5, 5.41) is 0. The summed E-state index contributed by atoms with van der Waals surface area (Å²) in [6.07, 6.45) is 9.17. The Morgan fingerprint density at radius 2 is 2.09 bits per heavy atom. The molecule has 0 bridgehead atoms. The number of primary amides is 1. The first-order valence-electron chi connectivity index (χ1n) is 8.06. The second-order valence-corrected chi connectivity index (χ2v) is 6.28. The zero-order valence-corrected chi connectivity index (χ0v) is 12.8. The molecule has 0 spiro atoms. The van der Waals surface area contributed by atoms with Gasteiger partial charge in [-0.3, -0.25) is 9.59 Å². The molecule has 1 aromatic heterocycles. The molecule has 0 radical (unpaired) electrons. The molecule has 1 aromatic rings. The van der Waals surface area contributed by atoms with E-state index in [-0.39, 0.29) is 11.7 Å². The Morgan fingerprint density at radius 1 is 1.32 bits per heavy atom. The van der Waals surface area contributed by atoms with Gasteiger partial charge >= 0.3 is 0 Å². The van der Waals surface area contributed by atoms with Crippen LogP contribution in [0.3, 0.4) is 0 Å². The SMILES string of the molecule is NC(=O)c1ncc2c(n1)CN(C(=O)CCC1CCCC1)CC2. The van der Waals surface area contributed by atoms with Crippen LogP contribution in [0.1, 0.15) is 60.4 Å². The van der Waals surface area contributed by atoms with E-state index < -0.39 is 5.91 Å². The first kappa shape index (κ1) is 14.9. The number of hydrogen-bond donors (Lipinski definition) is 1. The van der Waals surface area contributed by atoms with Crippen LogP contribution in [0, 0.1) is 5.92 Å². The molecule has 22 heavy (non-hydrogen) atoms. The smallest absolute Gasteiger partial charge is 0.286 e. The number of carbonyl (C=O) groups is 2. The number of fused-ring (bicyclic) bond motifs is 1. The Morgan fingerprint density at radius 3 is 2.82 bits per heavy atom. The van der Waals surface area contributed by atoms with E-state index in [4.69, 9.17) is 5.73 Å². The number of nitrogens with two attached hydrogens (primary N) is 1. The summed E-state index contributed by atoms with van der Waals surface area (Å²) < 4.78 is 0. The summed E-state index contributed by atoms with van der Waals surface area (Å²) in [6.45, 7) is 1.16. The van der Waals surface area contributed by atoms with Crippen LogP contribution in [0.15, 0.2) is 6.20 Å². The lowest BCUT2D eigenvalue weighted by molar-refractivity contribution is -0.132. The Balaban J connectivity index is 1.61. The van der Waals surface area contributed by atoms with E-state index in [0.717, 1.165) is 30.0 Å². The van der Waals surface area contributed by atoms with E-state index >= 15 is 0 Å². The first-order chi connectivity index (χ1) is 10.6. The molecule has 0 aromatic carbocycles. The van der Waals surface area contributed by atoms with Crippen LogP contribution < -0.4 is 5.73 Å². The fraction of sp³-hybridized carbons (Fsp3) is 0.625. The van der Waals surface area contributed by atoms with Gasteiger partial charge in [-0.05, 0) is 24.3 Å². The molecular weight excluding hydrogens is 280 g/mol. The van der Waals surface area contributed by atoms with Gasteiger partial charge in [-0.1, -0.05) is 25.7 Å².